The monoisotopic (exact) mass is 334 g/mol. The first-order valence-corrected chi connectivity index (χ1v) is 6.46. The van der Waals surface area contributed by atoms with Crippen LogP contribution in [0.25, 0.3) is 5.69 Å². The predicted octanol–water partition coefficient (Wildman–Crippen LogP) is 3.18. The van der Waals surface area contributed by atoms with Crippen molar-refractivity contribution in [3.8, 4) is 17.2 Å². The summed E-state index contributed by atoms with van der Waals surface area (Å²) in [6.45, 7) is 1.90. The molecule has 0 amide bonds. The van der Waals surface area contributed by atoms with Crippen LogP contribution in [0, 0.1) is 0 Å². The quantitative estimate of drug-likeness (QED) is 0.861. The third kappa shape index (κ3) is 4.14. The lowest BCUT2D eigenvalue weighted by molar-refractivity contribution is -0.274. The molecular formula is C13H10ClF3N2O3. The van der Waals surface area contributed by atoms with E-state index in [1.165, 1.54) is 12.1 Å². The van der Waals surface area contributed by atoms with Crippen molar-refractivity contribution in [1.29, 1.82) is 0 Å². The number of hydrogen-bond acceptors (Lipinski definition) is 4. The summed E-state index contributed by atoms with van der Waals surface area (Å²) < 4.78 is 47.0. The highest BCUT2D eigenvalue weighted by molar-refractivity contribution is 6.29. The van der Waals surface area contributed by atoms with Crippen molar-refractivity contribution >= 4 is 11.6 Å². The number of hydrogen-bond donors (Lipinski definition) is 0. The zero-order chi connectivity index (χ0) is 16.3. The van der Waals surface area contributed by atoms with E-state index in [0.717, 1.165) is 22.9 Å². The Hall–Kier alpha value is -2.22. The van der Waals surface area contributed by atoms with E-state index in [-0.39, 0.29) is 23.2 Å². The fourth-order valence-corrected chi connectivity index (χ4v) is 1.83. The Labute approximate surface area is 127 Å². The lowest BCUT2D eigenvalue weighted by Gasteiger charge is -2.13. The molecule has 1 aromatic carbocycles. The number of aromatic nitrogens is 2. The minimum Gasteiger partial charge on any atom is -0.494 e. The van der Waals surface area contributed by atoms with Crippen LogP contribution in [0.5, 0.6) is 11.5 Å². The summed E-state index contributed by atoms with van der Waals surface area (Å²) >= 11 is 5.70. The fourth-order valence-electron chi connectivity index (χ4n) is 1.70. The van der Waals surface area contributed by atoms with E-state index < -0.39 is 17.7 Å². The molecule has 1 heterocycles. The van der Waals surface area contributed by atoms with Crippen molar-refractivity contribution < 1.29 is 22.6 Å². The van der Waals surface area contributed by atoms with E-state index in [2.05, 4.69) is 9.84 Å². The summed E-state index contributed by atoms with van der Waals surface area (Å²) in [5.41, 5.74) is -0.520. The van der Waals surface area contributed by atoms with Gasteiger partial charge in [0.25, 0.3) is 5.56 Å². The molecule has 0 aliphatic carbocycles. The van der Waals surface area contributed by atoms with Crippen LogP contribution in [-0.4, -0.2) is 22.7 Å². The Bertz CT molecular complexity index is 731. The standard InChI is InChI=1S/C13H10ClF3N2O3/c1-2-21-9-5-8(6-10(7-9)22-13(15,16)17)19-12(20)4-3-11(14)18-19/h3-7H,2H2,1H3. The van der Waals surface area contributed by atoms with E-state index in [9.17, 15) is 18.0 Å². The van der Waals surface area contributed by atoms with E-state index in [4.69, 9.17) is 16.3 Å². The van der Waals surface area contributed by atoms with Crippen LogP contribution in [-0.2, 0) is 0 Å². The van der Waals surface area contributed by atoms with Gasteiger partial charge in [-0.3, -0.25) is 4.79 Å². The van der Waals surface area contributed by atoms with Gasteiger partial charge in [0.15, 0.2) is 0 Å². The van der Waals surface area contributed by atoms with Gasteiger partial charge in [0, 0.05) is 24.3 Å². The zero-order valence-corrected chi connectivity index (χ0v) is 12.0. The lowest BCUT2D eigenvalue weighted by Crippen LogP contribution is -2.21. The predicted molar refractivity (Wildman–Crippen MR) is 72.7 cm³/mol. The molecule has 1 aromatic heterocycles. The van der Waals surface area contributed by atoms with E-state index in [0.29, 0.717) is 0 Å². The molecule has 0 N–H and O–H groups in total. The van der Waals surface area contributed by atoms with Gasteiger partial charge in [0.2, 0.25) is 0 Å². The number of nitrogens with zero attached hydrogens (tertiary/aromatic N) is 2. The maximum absolute atomic E-state index is 12.4. The summed E-state index contributed by atoms with van der Waals surface area (Å²) in [5.74, 6) is -0.421. The number of alkyl halides is 3. The fraction of sp³-hybridized carbons (Fsp3) is 0.231. The SMILES string of the molecule is CCOc1cc(OC(F)(F)F)cc(-n2nc(Cl)ccc2=O)c1. The molecule has 2 aromatic rings. The van der Waals surface area contributed by atoms with Gasteiger partial charge >= 0.3 is 6.36 Å². The van der Waals surface area contributed by atoms with Crippen molar-refractivity contribution in [2.75, 3.05) is 6.61 Å². The van der Waals surface area contributed by atoms with Gasteiger partial charge in [-0.15, -0.1) is 13.2 Å². The van der Waals surface area contributed by atoms with Crippen LogP contribution < -0.4 is 15.0 Å². The van der Waals surface area contributed by atoms with Crippen LogP contribution in [0.1, 0.15) is 6.92 Å². The first kappa shape index (κ1) is 16.2. The second-order valence-corrected chi connectivity index (χ2v) is 4.44. The number of benzene rings is 1. The average Bonchev–Trinajstić information content (AvgIpc) is 2.39. The van der Waals surface area contributed by atoms with Crippen LogP contribution in [0.2, 0.25) is 5.15 Å². The Morgan fingerprint density at radius 1 is 1.23 bits per heavy atom. The van der Waals surface area contributed by atoms with Crippen molar-refractivity contribution in [2.45, 2.75) is 13.3 Å². The van der Waals surface area contributed by atoms with Crippen molar-refractivity contribution in [3.05, 3.63) is 45.8 Å². The van der Waals surface area contributed by atoms with Crippen LogP contribution in [0.15, 0.2) is 35.1 Å². The average molecular weight is 335 g/mol. The highest BCUT2D eigenvalue weighted by Crippen LogP contribution is 2.29. The highest BCUT2D eigenvalue weighted by atomic mass is 35.5. The Morgan fingerprint density at radius 2 is 1.91 bits per heavy atom. The smallest absolute Gasteiger partial charge is 0.494 e. The molecule has 2 rings (SSSR count). The molecule has 0 radical (unpaired) electrons. The summed E-state index contributed by atoms with van der Waals surface area (Å²) in [6.07, 6.45) is -4.87. The van der Waals surface area contributed by atoms with Crippen molar-refractivity contribution in [3.63, 3.8) is 0 Å². The van der Waals surface area contributed by atoms with Gasteiger partial charge in [-0.2, -0.15) is 9.78 Å². The minimum atomic E-state index is -4.87. The number of halogens is 4. The van der Waals surface area contributed by atoms with Gasteiger partial charge in [-0.25, -0.2) is 0 Å². The number of rotatable bonds is 4. The van der Waals surface area contributed by atoms with Gasteiger partial charge < -0.3 is 9.47 Å². The van der Waals surface area contributed by atoms with Gasteiger partial charge in [0.05, 0.1) is 12.3 Å². The Balaban J connectivity index is 2.54. The normalized spacial score (nSPS) is 11.3. The molecule has 118 valence electrons. The van der Waals surface area contributed by atoms with E-state index >= 15 is 0 Å². The first-order chi connectivity index (χ1) is 10.3. The second-order valence-electron chi connectivity index (χ2n) is 4.05. The molecule has 0 atom stereocenters. The molecule has 0 aliphatic heterocycles. The number of ether oxygens (including phenoxy) is 2. The van der Waals surface area contributed by atoms with Crippen LogP contribution in [0.4, 0.5) is 13.2 Å². The molecule has 5 nitrogen and oxygen atoms in total. The van der Waals surface area contributed by atoms with Crippen LogP contribution >= 0.6 is 11.6 Å². The first-order valence-electron chi connectivity index (χ1n) is 6.08. The largest absolute Gasteiger partial charge is 0.573 e. The molecule has 22 heavy (non-hydrogen) atoms. The molecule has 0 bridgehead atoms. The molecule has 0 fully saturated rings. The minimum absolute atomic E-state index is 0.0136. The van der Waals surface area contributed by atoms with E-state index in [1.54, 1.807) is 6.92 Å². The van der Waals surface area contributed by atoms with Crippen LogP contribution in [0.3, 0.4) is 0 Å². The summed E-state index contributed by atoms with van der Waals surface area (Å²) in [7, 11) is 0. The Morgan fingerprint density at radius 3 is 2.55 bits per heavy atom. The molecule has 9 heteroatoms. The Kier molecular flexibility index (Phi) is 4.60. The molecule has 0 aliphatic rings. The topological polar surface area (TPSA) is 53.4 Å². The van der Waals surface area contributed by atoms with Crippen molar-refractivity contribution in [1.82, 2.24) is 9.78 Å². The molecule has 0 unspecified atom stereocenters. The summed E-state index contributed by atoms with van der Waals surface area (Å²) in [6, 6.07) is 5.86. The summed E-state index contributed by atoms with van der Waals surface area (Å²) in [4.78, 5) is 11.8. The molecule has 0 spiro atoms. The molecule has 0 saturated carbocycles. The maximum atomic E-state index is 12.4. The third-order valence-corrected chi connectivity index (χ3v) is 2.62. The lowest BCUT2D eigenvalue weighted by atomic mass is 10.2. The molecular weight excluding hydrogens is 325 g/mol. The van der Waals surface area contributed by atoms with E-state index in [1.807, 2.05) is 0 Å². The highest BCUT2D eigenvalue weighted by Gasteiger charge is 2.31. The van der Waals surface area contributed by atoms with Crippen molar-refractivity contribution in [2.24, 2.45) is 0 Å². The second kappa shape index (κ2) is 6.27. The zero-order valence-electron chi connectivity index (χ0n) is 11.2. The van der Waals surface area contributed by atoms with Gasteiger partial charge in [-0.1, -0.05) is 11.6 Å². The maximum Gasteiger partial charge on any atom is 0.573 e. The third-order valence-electron chi connectivity index (χ3n) is 2.42. The van der Waals surface area contributed by atoms with Gasteiger partial charge in [0.1, 0.15) is 16.7 Å². The summed E-state index contributed by atoms with van der Waals surface area (Å²) in [5, 5.41) is 3.77. The van der Waals surface area contributed by atoms with Gasteiger partial charge in [-0.05, 0) is 13.0 Å². The molecule has 0 saturated heterocycles.